The number of likely N-dealkylation sites (tertiary alicyclic amines) is 1. The predicted octanol–water partition coefficient (Wildman–Crippen LogP) is 3.57. The number of carbonyl (C=O) groups is 3. The van der Waals surface area contributed by atoms with Crippen LogP contribution in [0.15, 0.2) is 78.9 Å². The molecule has 0 aromatic heterocycles. The summed E-state index contributed by atoms with van der Waals surface area (Å²) in [5.41, 5.74) is 0.319. The molecule has 3 amide bonds. The SMILES string of the molecule is CCOc1ccc(N2CC=C[C@H]3O[C@]45C=CCN(Cc6ccccc6)C(=O)C4N([C@@H](CO)CC(C)C)C(=O)[C@@H]5[C@H]3C2=O)cc1. The number of hydrogen-bond acceptors (Lipinski definition) is 6. The smallest absolute Gasteiger partial charge is 0.249 e. The van der Waals surface area contributed by atoms with Gasteiger partial charge in [-0.05, 0) is 49.1 Å². The molecule has 0 saturated carbocycles. The quantitative estimate of drug-likeness (QED) is 0.443. The van der Waals surface area contributed by atoms with Crippen molar-refractivity contribution in [2.24, 2.45) is 17.8 Å². The Hall–Kier alpha value is -3.95. The van der Waals surface area contributed by atoms with Crippen LogP contribution in [0.2, 0.25) is 0 Å². The number of benzene rings is 2. The molecule has 2 aromatic carbocycles. The molecule has 4 aliphatic heterocycles. The Morgan fingerprint density at radius 3 is 2.41 bits per heavy atom. The van der Waals surface area contributed by atoms with Crippen molar-refractivity contribution in [3.05, 3.63) is 84.5 Å². The molecule has 9 nitrogen and oxygen atoms in total. The fourth-order valence-corrected chi connectivity index (χ4v) is 7.40. The Morgan fingerprint density at radius 1 is 0.977 bits per heavy atom. The van der Waals surface area contributed by atoms with E-state index < -0.39 is 35.6 Å². The molecule has 9 heteroatoms. The van der Waals surface area contributed by atoms with Gasteiger partial charge in [0.2, 0.25) is 17.7 Å². The molecule has 2 fully saturated rings. The summed E-state index contributed by atoms with van der Waals surface area (Å²) in [5, 5.41) is 10.6. The molecule has 1 spiro atoms. The minimum atomic E-state index is -1.35. The molecule has 6 rings (SSSR count). The summed E-state index contributed by atoms with van der Waals surface area (Å²) in [7, 11) is 0. The first-order chi connectivity index (χ1) is 21.3. The van der Waals surface area contributed by atoms with Crippen LogP contribution in [-0.4, -0.2) is 82.7 Å². The summed E-state index contributed by atoms with van der Waals surface area (Å²) in [4.78, 5) is 48.6. The van der Waals surface area contributed by atoms with Crippen molar-refractivity contribution in [3.8, 4) is 5.75 Å². The zero-order chi connectivity index (χ0) is 31.0. The Bertz CT molecular complexity index is 1440. The Balaban J connectivity index is 1.40. The summed E-state index contributed by atoms with van der Waals surface area (Å²) < 4.78 is 12.4. The van der Waals surface area contributed by atoms with E-state index in [1.54, 1.807) is 14.7 Å². The van der Waals surface area contributed by atoms with Crippen LogP contribution in [0.1, 0.15) is 32.8 Å². The number of amides is 3. The number of anilines is 1. The molecule has 44 heavy (non-hydrogen) atoms. The Kier molecular flexibility index (Phi) is 8.35. The predicted molar refractivity (Wildman–Crippen MR) is 166 cm³/mol. The monoisotopic (exact) mass is 599 g/mol. The number of fused-ring (bicyclic) bond motifs is 2. The molecule has 4 aliphatic rings. The largest absolute Gasteiger partial charge is 0.494 e. The van der Waals surface area contributed by atoms with Crippen molar-refractivity contribution >= 4 is 23.4 Å². The van der Waals surface area contributed by atoms with Crippen molar-refractivity contribution in [3.63, 3.8) is 0 Å². The highest BCUT2D eigenvalue weighted by Gasteiger charge is 2.72. The Labute approximate surface area is 258 Å². The van der Waals surface area contributed by atoms with E-state index >= 15 is 0 Å². The maximum absolute atomic E-state index is 14.6. The highest BCUT2D eigenvalue weighted by molar-refractivity contribution is 6.04. The lowest BCUT2D eigenvalue weighted by molar-refractivity contribution is -0.151. The van der Waals surface area contributed by atoms with Crippen LogP contribution in [0.5, 0.6) is 5.75 Å². The molecule has 4 heterocycles. The lowest BCUT2D eigenvalue weighted by Gasteiger charge is -2.39. The molecule has 0 aliphatic carbocycles. The highest BCUT2D eigenvalue weighted by Crippen LogP contribution is 2.54. The van der Waals surface area contributed by atoms with E-state index in [0.29, 0.717) is 44.1 Å². The first-order valence-electron chi connectivity index (χ1n) is 15.6. The van der Waals surface area contributed by atoms with Crippen LogP contribution >= 0.6 is 0 Å². The van der Waals surface area contributed by atoms with Gasteiger partial charge in [-0.1, -0.05) is 68.5 Å². The normalized spacial score (nSPS) is 28.6. The number of rotatable bonds is 9. The first-order valence-corrected chi connectivity index (χ1v) is 15.6. The van der Waals surface area contributed by atoms with Gasteiger partial charge in [0, 0.05) is 25.3 Å². The van der Waals surface area contributed by atoms with Crippen LogP contribution in [0, 0.1) is 17.8 Å². The van der Waals surface area contributed by atoms with Crippen LogP contribution in [0.25, 0.3) is 0 Å². The summed E-state index contributed by atoms with van der Waals surface area (Å²) in [5.74, 6) is -1.67. The van der Waals surface area contributed by atoms with Crippen LogP contribution in [0.3, 0.4) is 0 Å². The zero-order valence-corrected chi connectivity index (χ0v) is 25.5. The molecule has 1 unspecified atom stereocenters. The van der Waals surface area contributed by atoms with E-state index in [4.69, 9.17) is 9.47 Å². The molecular formula is C35H41N3O6. The van der Waals surface area contributed by atoms with Gasteiger partial charge in [0.05, 0.1) is 37.2 Å². The summed E-state index contributed by atoms with van der Waals surface area (Å²) >= 11 is 0. The maximum atomic E-state index is 14.6. The molecule has 0 radical (unpaired) electrons. The summed E-state index contributed by atoms with van der Waals surface area (Å²) in [6.45, 7) is 7.25. The first kappa shape index (κ1) is 30.1. The van der Waals surface area contributed by atoms with Crippen molar-refractivity contribution in [2.75, 3.05) is 31.2 Å². The van der Waals surface area contributed by atoms with Crippen LogP contribution < -0.4 is 9.64 Å². The summed E-state index contributed by atoms with van der Waals surface area (Å²) in [6, 6.07) is 15.5. The number of aliphatic hydroxyl groups excluding tert-OH is 1. The zero-order valence-electron chi connectivity index (χ0n) is 25.5. The van der Waals surface area contributed by atoms with Gasteiger partial charge in [-0.3, -0.25) is 14.4 Å². The van der Waals surface area contributed by atoms with Gasteiger partial charge in [0.1, 0.15) is 17.4 Å². The minimum Gasteiger partial charge on any atom is -0.494 e. The van der Waals surface area contributed by atoms with Gasteiger partial charge in [0.25, 0.3) is 0 Å². The second-order valence-electron chi connectivity index (χ2n) is 12.5. The minimum absolute atomic E-state index is 0.166. The third-order valence-electron chi connectivity index (χ3n) is 9.20. The summed E-state index contributed by atoms with van der Waals surface area (Å²) in [6.07, 6.45) is 7.34. The van der Waals surface area contributed by atoms with Gasteiger partial charge in [-0.25, -0.2) is 0 Å². The van der Waals surface area contributed by atoms with Gasteiger partial charge in [0.15, 0.2) is 0 Å². The molecule has 6 atom stereocenters. The van der Waals surface area contributed by atoms with Crippen LogP contribution in [-0.2, 0) is 25.7 Å². The van der Waals surface area contributed by atoms with E-state index in [-0.39, 0.29) is 30.2 Å². The molecule has 232 valence electrons. The third kappa shape index (κ3) is 5.12. The molecular weight excluding hydrogens is 558 g/mol. The van der Waals surface area contributed by atoms with E-state index in [2.05, 4.69) is 0 Å². The fraction of sp³-hybridized carbons (Fsp3) is 0.457. The third-order valence-corrected chi connectivity index (χ3v) is 9.20. The van der Waals surface area contributed by atoms with E-state index in [1.807, 2.05) is 99.7 Å². The second kappa shape index (κ2) is 12.2. The van der Waals surface area contributed by atoms with Crippen LogP contribution in [0.4, 0.5) is 5.69 Å². The van der Waals surface area contributed by atoms with Crippen molar-refractivity contribution in [2.45, 2.75) is 57.5 Å². The van der Waals surface area contributed by atoms with Gasteiger partial charge in [-0.15, -0.1) is 0 Å². The van der Waals surface area contributed by atoms with Gasteiger partial charge >= 0.3 is 0 Å². The molecule has 2 aromatic rings. The average Bonchev–Trinajstić information content (AvgIpc) is 3.34. The lowest BCUT2D eigenvalue weighted by Crippen LogP contribution is -2.58. The number of aliphatic hydroxyl groups is 1. The van der Waals surface area contributed by atoms with E-state index in [1.165, 1.54) is 0 Å². The van der Waals surface area contributed by atoms with Crippen molar-refractivity contribution < 1.29 is 29.0 Å². The standard InChI is InChI=1S/C35H41N3O6/c1-4-43-27-15-13-25(14-16-27)37-19-8-12-28-29(32(37)40)30-33(41)38(26(22-39)20-23(2)3)31-34(42)36(18-9-17-35(30,31)44-28)21-24-10-6-5-7-11-24/h5-17,23,26,28-31,39H,4,18-22H2,1-3H3/t26-,28-,29+,30+,31?,35+/m1/s1. The maximum Gasteiger partial charge on any atom is 0.249 e. The fourth-order valence-electron chi connectivity index (χ4n) is 7.40. The van der Waals surface area contributed by atoms with Gasteiger partial charge in [-0.2, -0.15) is 0 Å². The number of hydrogen-bond donors (Lipinski definition) is 1. The van der Waals surface area contributed by atoms with E-state index in [9.17, 15) is 19.5 Å². The lowest BCUT2D eigenvalue weighted by atomic mass is 9.77. The molecule has 2 saturated heterocycles. The number of carbonyl (C=O) groups excluding carboxylic acids is 3. The van der Waals surface area contributed by atoms with E-state index in [0.717, 1.165) is 5.56 Å². The highest BCUT2D eigenvalue weighted by atomic mass is 16.5. The number of ether oxygens (including phenoxy) is 2. The van der Waals surface area contributed by atoms with Crippen molar-refractivity contribution in [1.29, 1.82) is 0 Å². The second-order valence-corrected chi connectivity index (χ2v) is 12.5. The molecule has 1 N–H and O–H groups in total. The Morgan fingerprint density at radius 2 is 1.73 bits per heavy atom. The average molecular weight is 600 g/mol. The topological polar surface area (TPSA) is 99.6 Å². The van der Waals surface area contributed by atoms with Crippen molar-refractivity contribution in [1.82, 2.24) is 9.80 Å². The number of nitrogens with zero attached hydrogens (tertiary/aromatic N) is 3. The van der Waals surface area contributed by atoms with Gasteiger partial charge < -0.3 is 29.3 Å². The molecule has 0 bridgehead atoms.